The van der Waals surface area contributed by atoms with Crippen LogP contribution >= 0.6 is 0 Å². The molecule has 0 saturated carbocycles. The van der Waals surface area contributed by atoms with E-state index in [1.165, 1.54) is 12.8 Å². The van der Waals surface area contributed by atoms with Gasteiger partial charge in [0.15, 0.2) is 0 Å². The van der Waals surface area contributed by atoms with Crippen LogP contribution in [0.4, 0.5) is 5.69 Å². The number of anilines is 1. The first-order chi connectivity index (χ1) is 21.5. The van der Waals surface area contributed by atoms with Crippen molar-refractivity contribution in [1.82, 2.24) is 14.7 Å². The summed E-state index contributed by atoms with van der Waals surface area (Å²) in [6, 6.07) is 21.9. The number of fused-ring (bicyclic) bond motifs is 1. The van der Waals surface area contributed by atoms with Crippen molar-refractivity contribution in [1.29, 1.82) is 0 Å². The number of amides is 2. The van der Waals surface area contributed by atoms with E-state index in [9.17, 15) is 9.59 Å². The van der Waals surface area contributed by atoms with Crippen LogP contribution in [0.5, 0.6) is 11.5 Å². The third kappa shape index (κ3) is 7.79. The Bertz CT molecular complexity index is 1420. The molecule has 2 amide bonds. The molecule has 0 N–H and O–H groups in total. The van der Waals surface area contributed by atoms with Gasteiger partial charge in [0.05, 0.1) is 13.7 Å². The second kappa shape index (κ2) is 15.2. The molecule has 2 aliphatic heterocycles. The Labute approximate surface area is 262 Å². The van der Waals surface area contributed by atoms with Crippen molar-refractivity contribution in [3.63, 3.8) is 0 Å². The van der Waals surface area contributed by atoms with Gasteiger partial charge in [-0.3, -0.25) is 19.4 Å². The number of benzene rings is 3. The van der Waals surface area contributed by atoms with Crippen molar-refractivity contribution >= 4 is 17.5 Å². The molecule has 2 heterocycles. The van der Waals surface area contributed by atoms with Crippen LogP contribution in [-0.2, 0) is 24.4 Å². The third-order valence-electron chi connectivity index (χ3n) is 8.64. The number of methoxy groups -OCH3 is 1. The Morgan fingerprint density at radius 2 is 1.45 bits per heavy atom. The van der Waals surface area contributed by atoms with E-state index in [1.807, 2.05) is 77.4 Å². The van der Waals surface area contributed by atoms with E-state index in [2.05, 4.69) is 15.9 Å². The number of hydrogen-bond donors (Lipinski definition) is 0. The van der Waals surface area contributed by atoms with E-state index < -0.39 is 0 Å². The molecule has 44 heavy (non-hydrogen) atoms. The predicted molar refractivity (Wildman–Crippen MR) is 174 cm³/mol. The lowest BCUT2D eigenvalue weighted by Crippen LogP contribution is -2.38. The summed E-state index contributed by atoms with van der Waals surface area (Å²) >= 11 is 0. The molecule has 0 atom stereocenters. The Morgan fingerprint density at radius 1 is 0.750 bits per heavy atom. The normalized spacial score (nSPS) is 16.7. The topological polar surface area (TPSA) is 65.6 Å². The van der Waals surface area contributed by atoms with Crippen LogP contribution in [-0.4, -0.2) is 79.5 Å². The van der Waals surface area contributed by atoms with Gasteiger partial charge in [-0.2, -0.15) is 0 Å². The van der Waals surface area contributed by atoms with E-state index >= 15 is 0 Å². The van der Waals surface area contributed by atoms with Crippen LogP contribution in [0.2, 0.25) is 0 Å². The maximum atomic E-state index is 14.3. The quantitative estimate of drug-likeness (QED) is 0.337. The molecule has 1 saturated heterocycles. The minimum absolute atomic E-state index is 0.00419. The van der Waals surface area contributed by atoms with Gasteiger partial charge in [-0.25, -0.2) is 0 Å². The molecule has 0 bridgehead atoms. The van der Waals surface area contributed by atoms with E-state index in [0.717, 1.165) is 66.5 Å². The third-order valence-corrected chi connectivity index (χ3v) is 8.64. The summed E-state index contributed by atoms with van der Waals surface area (Å²) in [5.41, 5.74) is 4.66. The van der Waals surface area contributed by atoms with Crippen molar-refractivity contribution in [2.45, 2.75) is 52.7 Å². The molecule has 8 heteroatoms. The number of likely N-dealkylation sites (tertiary alicyclic amines) is 1. The van der Waals surface area contributed by atoms with Crippen LogP contribution in [0.15, 0.2) is 66.7 Å². The number of rotatable bonds is 8. The summed E-state index contributed by atoms with van der Waals surface area (Å²) in [7, 11) is 1.69. The largest absolute Gasteiger partial charge is 0.496 e. The zero-order valence-corrected chi connectivity index (χ0v) is 26.5. The van der Waals surface area contributed by atoms with Crippen molar-refractivity contribution in [3.8, 4) is 11.5 Å². The van der Waals surface area contributed by atoms with Gasteiger partial charge in [0.1, 0.15) is 11.5 Å². The monoisotopic (exact) mass is 598 g/mol. The molecular weight excluding hydrogens is 552 g/mol. The van der Waals surface area contributed by atoms with Gasteiger partial charge >= 0.3 is 0 Å². The molecule has 5 rings (SSSR count). The highest BCUT2D eigenvalue weighted by Crippen LogP contribution is 2.28. The molecule has 1 fully saturated rings. The minimum Gasteiger partial charge on any atom is -0.496 e. The van der Waals surface area contributed by atoms with E-state index in [0.29, 0.717) is 44.9 Å². The van der Waals surface area contributed by atoms with Crippen molar-refractivity contribution in [2.24, 2.45) is 0 Å². The van der Waals surface area contributed by atoms with E-state index in [4.69, 9.17) is 9.47 Å². The lowest BCUT2D eigenvalue weighted by molar-refractivity contribution is -0.116. The fourth-order valence-electron chi connectivity index (χ4n) is 6.37. The molecular formula is C36H46N4O4. The number of carbonyl (C=O) groups excluding carboxylic acids is 2. The highest BCUT2D eigenvalue weighted by molar-refractivity contribution is 5.95. The average molecular weight is 599 g/mol. The Kier molecular flexibility index (Phi) is 10.9. The lowest BCUT2D eigenvalue weighted by atomic mass is 10.1. The van der Waals surface area contributed by atoms with Crippen molar-refractivity contribution in [3.05, 3.63) is 89.0 Å². The van der Waals surface area contributed by atoms with Gasteiger partial charge in [-0.1, -0.05) is 36.4 Å². The smallest absolute Gasteiger partial charge is 0.254 e. The summed E-state index contributed by atoms with van der Waals surface area (Å²) in [5, 5.41) is 0. The zero-order valence-electron chi connectivity index (χ0n) is 26.5. The standard InChI is InChI=1S/C36H46N4O4/c1-4-44-35-15-8-6-13-31(35)25-38-20-11-21-40(28(2)41)33-14-7-5-12-30(33)27-39(23-22-38)36(42)29-16-17-34(43-3)32(24-29)26-37-18-9-10-19-37/h5-8,12-17,24H,4,9-11,18-23,25-27H2,1-3H3. The highest BCUT2D eigenvalue weighted by atomic mass is 16.5. The Balaban J connectivity index is 1.46. The molecule has 0 aromatic heterocycles. The Morgan fingerprint density at radius 3 is 2.23 bits per heavy atom. The molecule has 0 spiro atoms. The van der Waals surface area contributed by atoms with Gasteiger partial charge in [0, 0.05) is 75.1 Å². The summed E-state index contributed by atoms with van der Waals surface area (Å²) in [4.78, 5) is 35.8. The van der Waals surface area contributed by atoms with Crippen molar-refractivity contribution < 1.29 is 19.1 Å². The van der Waals surface area contributed by atoms with Gasteiger partial charge in [-0.05, 0) is 75.2 Å². The maximum absolute atomic E-state index is 14.3. The number of para-hydroxylation sites is 2. The Hall–Kier alpha value is -3.88. The van der Waals surface area contributed by atoms with Gasteiger partial charge in [-0.15, -0.1) is 0 Å². The summed E-state index contributed by atoms with van der Waals surface area (Å²) in [6.45, 7) is 10.9. The SMILES string of the molecule is CCOc1ccccc1CN1CCCN(C(C)=O)c2ccccc2CN(C(=O)c2ccc(OC)c(CN3CCCC3)c2)CC1. The zero-order chi connectivity index (χ0) is 30.9. The number of carbonyl (C=O) groups is 2. The van der Waals surface area contributed by atoms with Gasteiger partial charge in [0.2, 0.25) is 5.91 Å². The maximum Gasteiger partial charge on any atom is 0.254 e. The molecule has 3 aromatic rings. The summed E-state index contributed by atoms with van der Waals surface area (Å²) in [6.07, 6.45) is 3.23. The first-order valence-corrected chi connectivity index (χ1v) is 15.9. The molecule has 3 aromatic carbocycles. The van der Waals surface area contributed by atoms with Crippen LogP contribution in [0, 0.1) is 0 Å². The molecule has 0 aliphatic carbocycles. The first kappa shape index (κ1) is 31.5. The van der Waals surface area contributed by atoms with E-state index in [-0.39, 0.29) is 11.8 Å². The van der Waals surface area contributed by atoms with Crippen molar-refractivity contribution in [2.75, 3.05) is 57.9 Å². The second-order valence-electron chi connectivity index (χ2n) is 11.7. The van der Waals surface area contributed by atoms with Crippen LogP contribution in [0.25, 0.3) is 0 Å². The number of nitrogens with zero attached hydrogens (tertiary/aromatic N) is 4. The molecule has 8 nitrogen and oxygen atoms in total. The summed E-state index contributed by atoms with van der Waals surface area (Å²) < 4.78 is 11.6. The van der Waals surface area contributed by atoms with Crippen LogP contribution in [0.3, 0.4) is 0 Å². The second-order valence-corrected chi connectivity index (χ2v) is 11.7. The predicted octanol–water partition coefficient (Wildman–Crippen LogP) is 5.59. The molecule has 234 valence electrons. The van der Waals surface area contributed by atoms with E-state index in [1.54, 1.807) is 14.0 Å². The van der Waals surface area contributed by atoms with Crippen LogP contribution in [0.1, 0.15) is 60.2 Å². The fourth-order valence-corrected chi connectivity index (χ4v) is 6.37. The highest BCUT2D eigenvalue weighted by Gasteiger charge is 2.24. The van der Waals surface area contributed by atoms with Crippen LogP contribution < -0.4 is 14.4 Å². The first-order valence-electron chi connectivity index (χ1n) is 15.9. The number of hydrogen-bond acceptors (Lipinski definition) is 6. The summed E-state index contributed by atoms with van der Waals surface area (Å²) in [5.74, 6) is 1.68. The number of ether oxygens (including phenoxy) is 2. The lowest BCUT2D eigenvalue weighted by Gasteiger charge is -2.29. The molecule has 0 radical (unpaired) electrons. The van der Waals surface area contributed by atoms with Gasteiger partial charge in [0.25, 0.3) is 5.91 Å². The van der Waals surface area contributed by atoms with Gasteiger partial charge < -0.3 is 19.3 Å². The minimum atomic E-state index is -0.0200. The molecule has 0 unspecified atom stereocenters. The fraction of sp³-hybridized carbons (Fsp3) is 0.444. The molecule has 2 aliphatic rings. The average Bonchev–Trinajstić information content (AvgIpc) is 3.54.